The van der Waals surface area contributed by atoms with Crippen molar-refractivity contribution >= 4 is 25.6 Å². The van der Waals surface area contributed by atoms with E-state index in [0.29, 0.717) is 5.41 Å². The van der Waals surface area contributed by atoms with Crippen LogP contribution in [0.2, 0.25) is 0 Å². The number of rotatable bonds is 0. The predicted molar refractivity (Wildman–Crippen MR) is 88.5 cm³/mol. The van der Waals surface area contributed by atoms with E-state index >= 15 is 0 Å². The van der Waals surface area contributed by atoms with Gasteiger partial charge in [-0.2, -0.15) is 0 Å². The number of allylic oxidation sites excluding steroid dienone is 2. The Morgan fingerprint density at radius 2 is 1.86 bits per heavy atom. The van der Waals surface area contributed by atoms with Gasteiger partial charge in [0.1, 0.15) is 0 Å². The zero-order valence-corrected chi connectivity index (χ0v) is 16.3. The maximum atomic E-state index is 10.5. The summed E-state index contributed by atoms with van der Waals surface area (Å²) in [5, 5.41) is 10.5. The summed E-state index contributed by atoms with van der Waals surface area (Å²) < 4.78 is 1.69. The molecule has 2 heteroatoms. The van der Waals surface area contributed by atoms with Gasteiger partial charge in [-0.15, -0.1) is 0 Å². The van der Waals surface area contributed by atoms with Gasteiger partial charge >= 0.3 is 142 Å². The van der Waals surface area contributed by atoms with Gasteiger partial charge in [0.25, 0.3) is 0 Å². The van der Waals surface area contributed by atoms with Crippen LogP contribution in [-0.2, 0) is 0 Å². The molecule has 0 saturated heterocycles. The van der Waals surface area contributed by atoms with Crippen molar-refractivity contribution in [2.45, 2.75) is 71.3 Å². The third kappa shape index (κ3) is 2.02. The summed E-state index contributed by atoms with van der Waals surface area (Å²) in [7, 11) is 0. The summed E-state index contributed by atoms with van der Waals surface area (Å²) >= 11 is 1.63. The average Bonchev–Trinajstić information content (AvgIpc) is 2.76. The van der Waals surface area contributed by atoms with Crippen LogP contribution in [0.15, 0.2) is 11.6 Å². The number of aliphatic hydroxyl groups excluding tert-OH is 1. The molecule has 1 N–H and O–H groups in total. The summed E-state index contributed by atoms with van der Waals surface area (Å²) in [4.78, 5) is 0. The maximum absolute atomic E-state index is 10.5. The van der Waals surface area contributed by atoms with Crippen molar-refractivity contribution in [1.82, 2.24) is 0 Å². The first-order chi connectivity index (χ1) is 9.95. The average molecular weight is 391 g/mol. The summed E-state index contributed by atoms with van der Waals surface area (Å²) in [5.41, 5.74) is 2.50. The Morgan fingerprint density at radius 1 is 1.05 bits per heavy atom. The molecule has 0 spiro atoms. The molecule has 0 bridgehead atoms. The Morgan fingerprint density at radius 3 is 2.67 bits per heavy atom. The van der Waals surface area contributed by atoms with Crippen LogP contribution in [0.25, 0.3) is 0 Å². The van der Waals surface area contributed by atoms with Gasteiger partial charge in [0.2, 0.25) is 0 Å². The predicted octanol–water partition coefficient (Wildman–Crippen LogP) is 3.65. The molecule has 114 valence electrons. The molecule has 4 rings (SSSR count). The molecule has 6 atom stereocenters. The molecule has 0 heterocycles. The van der Waals surface area contributed by atoms with Crippen LogP contribution in [0, 0.1) is 28.6 Å². The second-order valence-electron chi connectivity index (χ2n) is 8.67. The zero-order chi connectivity index (χ0) is 14.8. The van der Waals surface area contributed by atoms with Crippen LogP contribution in [0.5, 0.6) is 0 Å². The topological polar surface area (TPSA) is 20.2 Å². The molecule has 2 radical (unpaired) electrons. The van der Waals surface area contributed by atoms with Crippen LogP contribution >= 0.6 is 0 Å². The van der Waals surface area contributed by atoms with E-state index in [-0.39, 0.29) is 11.5 Å². The molecule has 3 saturated carbocycles. The molecule has 1 nitrogen and oxygen atoms in total. The van der Waals surface area contributed by atoms with Gasteiger partial charge in [-0.1, -0.05) is 0 Å². The summed E-state index contributed by atoms with van der Waals surface area (Å²) in [6.07, 6.45) is 13.0. The Labute approximate surface area is 142 Å². The fourth-order valence-corrected chi connectivity index (χ4v) is 7.41. The SMILES string of the molecule is C[C@]12CC[C](=[Sn])C=C1CCC1C2CC[C@@]2(C)C1CC[C@@H]2O. The van der Waals surface area contributed by atoms with E-state index in [1.54, 1.807) is 31.1 Å². The van der Waals surface area contributed by atoms with Gasteiger partial charge in [0, 0.05) is 0 Å². The Balaban J connectivity index is 1.69. The van der Waals surface area contributed by atoms with Crippen molar-refractivity contribution in [3.05, 3.63) is 11.6 Å². The number of aliphatic hydroxyl groups is 1. The van der Waals surface area contributed by atoms with Gasteiger partial charge < -0.3 is 0 Å². The molecule has 21 heavy (non-hydrogen) atoms. The quantitative estimate of drug-likeness (QED) is 0.626. The van der Waals surface area contributed by atoms with Crippen molar-refractivity contribution in [3.63, 3.8) is 0 Å². The molecular formula is C19H28OSn. The second kappa shape index (κ2) is 4.93. The van der Waals surface area contributed by atoms with E-state index in [9.17, 15) is 5.11 Å². The Bertz CT molecular complexity index is 510. The third-order valence-electron chi connectivity index (χ3n) is 7.95. The standard InChI is InChI=1S/C19H28O.Sn/c1-18-11-4-3-5-13(18)6-7-14-15-8-9-17(20)19(15,2)12-10-16(14)18;/h5,14-17,20H,4,6-12H2,1-2H3;/t14?,15?,16?,17-,18-,19-;/m0./s1. The van der Waals surface area contributed by atoms with Crippen molar-refractivity contribution in [2.24, 2.45) is 28.6 Å². The van der Waals surface area contributed by atoms with E-state index in [1.807, 2.05) is 0 Å². The summed E-state index contributed by atoms with van der Waals surface area (Å²) in [5.74, 6) is 2.57. The third-order valence-corrected chi connectivity index (χ3v) is 9.07. The molecule has 3 fully saturated rings. The summed E-state index contributed by atoms with van der Waals surface area (Å²) in [6, 6.07) is 0. The second-order valence-corrected chi connectivity index (χ2v) is 10.5. The van der Waals surface area contributed by atoms with Crippen LogP contribution < -0.4 is 0 Å². The fourth-order valence-electron chi connectivity index (χ4n) is 6.56. The van der Waals surface area contributed by atoms with Gasteiger partial charge in [0.05, 0.1) is 0 Å². The van der Waals surface area contributed by atoms with Crippen molar-refractivity contribution in [3.8, 4) is 0 Å². The van der Waals surface area contributed by atoms with Gasteiger partial charge in [-0.25, -0.2) is 0 Å². The van der Waals surface area contributed by atoms with Crippen LogP contribution in [0.1, 0.15) is 65.2 Å². The van der Waals surface area contributed by atoms with Gasteiger partial charge in [-0.05, 0) is 0 Å². The van der Waals surface area contributed by atoms with E-state index in [2.05, 4.69) is 19.9 Å². The van der Waals surface area contributed by atoms with E-state index in [4.69, 9.17) is 0 Å². The molecule has 0 aromatic rings. The first-order valence-corrected chi connectivity index (χ1v) is 10.3. The Kier molecular flexibility index (Phi) is 3.50. The van der Waals surface area contributed by atoms with Crippen LogP contribution in [0.4, 0.5) is 0 Å². The fraction of sp³-hybridized carbons (Fsp3) is 0.842. The molecule has 4 aliphatic carbocycles. The number of hydrogen-bond acceptors (Lipinski definition) is 1. The van der Waals surface area contributed by atoms with Crippen LogP contribution in [-0.4, -0.2) is 36.8 Å². The van der Waals surface area contributed by atoms with Gasteiger partial charge in [-0.3, -0.25) is 0 Å². The number of hydrogen-bond donors (Lipinski definition) is 1. The monoisotopic (exact) mass is 392 g/mol. The van der Waals surface area contributed by atoms with Crippen molar-refractivity contribution in [1.29, 1.82) is 0 Å². The van der Waals surface area contributed by atoms with Crippen LogP contribution in [0.3, 0.4) is 0 Å². The first kappa shape index (κ1) is 14.9. The molecule has 0 amide bonds. The first-order valence-electron chi connectivity index (χ1n) is 8.92. The molecule has 0 aromatic heterocycles. The molecule has 4 aliphatic rings. The molecule has 3 unspecified atom stereocenters. The normalized spacial score (nSPS) is 52.7. The van der Waals surface area contributed by atoms with Gasteiger partial charge in [0.15, 0.2) is 0 Å². The minimum atomic E-state index is -0.0287. The van der Waals surface area contributed by atoms with E-state index < -0.39 is 0 Å². The molecular weight excluding hydrogens is 363 g/mol. The zero-order valence-electron chi connectivity index (χ0n) is 13.5. The molecule has 0 aromatic carbocycles. The van der Waals surface area contributed by atoms with E-state index in [0.717, 1.165) is 24.2 Å². The Hall–Kier alpha value is 0.369. The number of fused-ring (bicyclic) bond motifs is 5. The van der Waals surface area contributed by atoms with Crippen molar-refractivity contribution < 1.29 is 5.11 Å². The van der Waals surface area contributed by atoms with E-state index in [1.165, 1.54) is 44.9 Å². The minimum absolute atomic E-state index is 0.0287. The molecule has 0 aliphatic heterocycles. The van der Waals surface area contributed by atoms with Crippen molar-refractivity contribution in [2.75, 3.05) is 0 Å². The summed E-state index contributed by atoms with van der Waals surface area (Å²) in [6.45, 7) is 4.97.